The average molecular weight is 225 g/mol. The summed E-state index contributed by atoms with van der Waals surface area (Å²) in [5, 5.41) is 5.40. The zero-order valence-corrected chi connectivity index (χ0v) is 8.83. The van der Waals surface area contributed by atoms with Gasteiger partial charge in [0.25, 0.3) is 0 Å². The van der Waals surface area contributed by atoms with Crippen molar-refractivity contribution in [2.24, 2.45) is 0 Å². The van der Waals surface area contributed by atoms with E-state index in [-0.39, 0.29) is 18.3 Å². The van der Waals surface area contributed by atoms with Gasteiger partial charge in [-0.05, 0) is 0 Å². The van der Waals surface area contributed by atoms with E-state index in [2.05, 4.69) is 20.6 Å². The number of halogens is 1. The van der Waals surface area contributed by atoms with E-state index in [0.717, 1.165) is 6.20 Å². The van der Waals surface area contributed by atoms with Crippen molar-refractivity contribution in [1.82, 2.24) is 15.3 Å². The minimum atomic E-state index is -0.520. The molecule has 0 atom stereocenters. The molecule has 0 bridgehead atoms. The molecule has 1 saturated heterocycles. The highest BCUT2D eigenvalue weighted by Crippen LogP contribution is 2.17. The summed E-state index contributed by atoms with van der Waals surface area (Å²) < 4.78 is 13.5. The van der Waals surface area contributed by atoms with E-state index in [1.54, 1.807) is 11.9 Å². The first-order valence-electron chi connectivity index (χ1n) is 4.92. The van der Waals surface area contributed by atoms with Gasteiger partial charge in [0.05, 0.1) is 12.7 Å². The van der Waals surface area contributed by atoms with Gasteiger partial charge < -0.3 is 15.5 Å². The molecule has 1 fully saturated rings. The number of amides is 1. The summed E-state index contributed by atoms with van der Waals surface area (Å²) in [6, 6.07) is 0. The Morgan fingerprint density at radius 3 is 3.12 bits per heavy atom. The summed E-state index contributed by atoms with van der Waals surface area (Å²) in [6.07, 6.45) is 1.10. The molecular weight excluding hydrogens is 213 g/mol. The fourth-order valence-corrected chi connectivity index (χ4v) is 1.52. The second kappa shape index (κ2) is 4.30. The Morgan fingerprint density at radius 2 is 2.44 bits per heavy atom. The number of carbonyl (C=O) groups is 1. The Balaban J connectivity index is 2.27. The minimum absolute atomic E-state index is 0.122. The zero-order chi connectivity index (χ0) is 11.5. The first-order chi connectivity index (χ1) is 7.70. The molecule has 0 aliphatic carbocycles. The number of rotatable bonds is 2. The quantitative estimate of drug-likeness (QED) is 0.716. The number of aromatic nitrogens is 2. The van der Waals surface area contributed by atoms with E-state index >= 15 is 0 Å². The number of piperazine rings is 1. The van der Waals surface area contributed by atoms with Crippen molar-refractivity contribution in [3.8, 4) is 0 Å². The molecule has 1 aromatic rings. The molecule has 0 radical (unpaired) electrons. The van der Waals surface area contributed by atoms with Crippen LogP contribution in [0.1, 0.15) is 0 Å². The van der Waals surface area contributed by atoms with Gasteiger partial charge in [0.1, 0.15) is 0 Å². The Hall–Kier alpha value is -1.92. The van der Waals surface area contributed by atoms with Crippen LogP contribution in [0.25, 0.3) is 0 Å². The van der Waals surface area contributed by atoms with Crippen LogP contribution in [0, 0.1) is 5.82 Å². The predicted octanol–water partition coefficient (Wildman–Crippen LogP) is -0.406. The molecule has 1 aromatic heterocycles. The summed E-state index contributed by atoms with van der Waals surface area (Å²) >= 11 is 0. The highest BCUT2D eigenvalue weighted by molar-refractivity contribution is 5.82. The Bertz CT molecular complexity index is 411. The summed E-state index contributed by atoms with van der Waals surface area (Å²) in [5.41, 5.74) is 0. The van der Waals surface area contributed by atoms with E-state index in [9.17, 15) is 9.18 Å². The number of hydrogen-bond acceptors (Lipinski definition) is 5. The lowest BCUT2D eigenvalue weighted by Crippen LogP contribution is -2.48. The number of anilines is 2. The van der Waals surface area contributed by atoms with Crippen molar-refractivity contribution in [3.05, 3.63) is 12.0 Å². The summed E-state index contributed by atoms with van der Waals surface area (Å²) in [7, 11) is 1.65. The van der Waals surface area contributed by atoms with E-state index in [4.69, 9.17) is 0 Å². The van der Waals surface area contributed by atoms with Crippen molar-refractivity contribution in [1.29, 1.82) is 0 Å². The molecule has 0 aromatic carbocycles. The lowest BCUT2D eigenvalue weighted by molar-refractivity contribution is -0.120. The van der Waals surface area contributed by atoms with Gasteiger partial charge in [-0.15, -0.1) is 0 Å². The molecule has 16 heavy (non-hydrogen) atoms. The molecule has 86 valence electrons. The molecule has 6 nitrogen and oxygen atoms in total. The van der Waals surface area contributed by atoms with E-state index < -0.39 is 5.82 Å². The number of nitrogens with one attached hydrogen (secondary N) is 2. The zero-order valence-electron chi connectivity index (χ0n) is 8.83. The van der Waals surface area contributed by atoms with Gasteiger partial charge >= 0.3 is 0 Å². The predicted molar refractivity (Wildman–Crippen MR) is 56.8 cm³/mol. The highest BCUT2D eigenvalue weighted by Gasteiger charge is 2.21. The molecule has 2 N–H and O–H groups in total. The van der Waals surface area contributed by atoms with Crippen LogP contribution in [0.3, 0.4) is 0 Å². The second-order valence-electron chi connectivity index (χ2n) is 3.39. The number of carbonyl (C=O) groups excluding carboxylic acids is 1. The molecule has 1 aliphatic rings. The van der Waals surface area contributed by atoms with Crippen LogP contribution in [0.2, 0.25) is 0 Å². The van der Waals surface area contributed by atoms with Crippen LogP contribution >= 0.6 is 0 Å². The molecule has 1 amide bonds. The molecular formula is C9H12FN5O. The second-order valence-corrected chi connectivity index (χ2v) is 3.39. The molecule has 7 heteroatoms. The van der Waals surface area contributed by atoms with Crippen molar-refractivity contribution in [3.63, 3.8) is 0 Å². The maximum atomic E-state index is 13.5. The lowest BCUT2D eigenvalue weighted by Gasteiger charge is -2.27. The fourth-order valence-electron chi connectivity index (χ4n) is 1.52. The SMILES string of the molecule is CNc1ncc(F)c(N2CCNC(=O)C2)n1. The lowest BCUT2D eigenvalue weighted by atomic mass is 10.3. The van der Waals surface area contributed by atoms with Crippen LogP contribution in [0.4, 0.5) is 16.2 Å². The maximum absolute atomic E-state index is 13.5. The minimum Gasteiger partial charge on any atom is -0.357 e. The fraction of sp³-hybridized carbons (Fsp3) is 0.444. The third-order valence-electron chi connectivity index (χ3n) is 2.29. The van der Waals surface area contributed by atoms with Crippen LogP contribution in [-0.2, 0) is 4.79 Å². The van der Waals surface area contributed by atoms with Crippen molar-refractivity contribution < 1.29 is 9.18 Å². The van der Waals surface area contributed by atoms with Crippen LogP contribution in [0.15, 0.2) is 6.20 Å². The third-order valence-corrected chi connectivity index (χ3v) is 2.29. The monoisotopic (exact) mass is 225 g/mol. The highest BCUT2D eigenvalue weighted by atomic mass is 19.1. The number of nitrogens with zero attached hydrogens (tertiary/aromatic N) is 3. The van der Waals surface area contributed by atoms with Gasteiger partial charge in [-0.2, -0.15) is 4.98 Å². The normalized spacial score (nSPS) is 15.9. The van der Waals surface area contributed by atoms with E-state index in [0.29, 0.717) is 19.0 Å². The maximum Gasteiger partial charge on any atom is 0.239 e. The van der Waals surface area contributed by atoms with E-state index in [1.807, 2.05) is 0 Å². The summed E-state index contributed by atoms with van der Waals surface area (Å²) in [6.45, 7) is 1.16. The Morgan fingerprint density at radius 1 is 1.62 bits per heavy atom. The van der Waals surface area contributed by atoms with Gasteiger partial charge in [-0.3, -0.25) is 4.79 Å². The van der Waals surface area contributed by atoms with Crippen molar-refractivity contribution >= 4 is 17.7 Å². The molecule has 2 heterocycles. The molecule has 2 rings (SSSR count). The first kappa shape index (κ1) is 10.6. The molecule has 0 unspecified atom stereocenters. The standard InChI is InChI=1S/C9H12FN5O/c1-11-9-13-4-6(10)8(14-9)15-3-2-12-7(16)5-15/h4H,2-3,5H2,1H3,(H,12,16)(H,11,13,14). The van der Waals surface area contributed by atoms with Gasteiger partial charge in [0, 0.05) is 20.1 Å². The molecule has 1 aliphatic heterocycles. The largest absolute Gasteiger partial charge is 0.357 e. The smallest absolute Gasteiger partial charge is 0.239 e. The molecule has 0 spiro atoms. The van der Waals surface area contributed by atoms with E-state index in [1.165, 1.54) is 0 Å². The van der Waals surface area contributed by atoms with Crippen molar-refractivity contribution in [2.75, 3.05) is 36.9 Å². The Labute approximate surface area is 91.9 Å². The van der Waals surface area contributed by atoms with Crippen LogP contribution in [-0.4, -0.2) is 42.6 Å². The van der Waals surface area contributed by atoms with Gasteiger partial charge in [-0.1, -0.05) is 0 Å². The topological polar surface area (TPSA) is 70.2 Å². The average Bonchev–Trinajstić information content (AvgIpc) is 2.30. The van der Waals surface area contributed by atoms with Crippen LogP contribution < -0.4 is 15.5 Å². The van der Waals surface area contributed by atoms with Gasteiger partial charge in [0.15, 0.2) is 11.6 Å². The third kappa shape index (κ3) is 2.02. The van der Waals surface area contributed by atoms with Gasteiger partial charge in [-0.25, -0.2) is 9.37 Å². The number of hydrogen-bond donors (Lipinski definition) is 2. The van der Waals surface area contributed by atoms with Crippen LogP contribution in [0.5, 0.6) is 0 Å². The van der Waals surface area contributed by atoms with Gasteiger partial charge in [0.2, 0.25) is 11.9 Å². The van der Waals surface area contributed by atoms with Crippen molar-refractivity contribution in [2.45, 2.75) is 0 Å². The first-order valence-corrected chi connectivity index (χ1v) is 4.92. The summed E-state index contributed by atoms with van der Waals surface area (Å²) in [4.78, 5) is 20.5. The summed E-state index contributed by atoms with van der Waals surface area (Å²) in [5.74, 6) is -0.152. The molecule has 0 saturated carbocycles. The Kier molecular flexibility index (Phi) is 2.84.